The van der Waals surface area contributed by atoms with Gasteiger partial charge in [-0.1, -0.05) is 29.8 Å². The Labute approximate surface area is 115 Å². The lowest BCUT2D eigenvalue weighted by Crippen LogP contribution is -2.06. The Bertz CT molecular complexity index is 572. The average Bonchev–Trinajstić information content (AvgIpc) is 2.46. The van der Waals surface area contributed by atoms with Gasteiger partial charge in [-0.05, 0) is 6.07 Å². The van der Waals surface area contributed by atoms with Gasteiger partial charge in [0.05, 0.1) is 19.5 Å². The Hall–Kier alpha value is -2.14. The predicted octanol–water partition coefficient (Wildman–Crippen LogP) is 2.50. The molecular formula is C13H11ClN2O3. The molecule has 98 valence electrons. The topological polar surface area (TPSA) is 61.3 Å². The first kappa shape index (κ1) is 13.3. The number of ether oxygens (including phenoxy) is 2. The molecule has 5 nitrogen and oxygen atoms in total. The van der Waals surface area contributed by atoms with Crippen molar-refractivity contribution in [1.82, 2.24) is 9.97 Å². The summed E-state index contributed by atoms with van der Waals surface area (Å²) in [7, 11) is 1.28. The SMILES string of the molecule is COC(=O)c1cnc(OCc2ccccc2Cl)cn1. The maximum Gasteiger partial charge on any atom is 0.358 e. The Morgan fingerprint density at radius 2 is 2.05 bits per heavy atom. The van der Waals surface area contributed by atoms with Crippen LogP contribution in [0.15, 0.2) is 36.7 Å². The van der Waals surface area contributed by atoms with Gasteiger partial charge in [-0.25, -0.2) is 14.8 Å². The van der Waals surface area contributed by atoms with Crippen LogP contribution >= 0.6 is 11.6 Å². The predicted molar refractivity (Wildman–Crippen MR) is 69.2 cm³/mol. The molecule has 0 aliphatic rings. The Morgan fingerprint density at radius 3 is 2.68 bits per heavy atom. The van der Waals surface area contributed by atoms with Crippen molar-refractivity contribution in [3.05, 3.63) is 52.9 Å². The summed E-state index contributed by atoms with van der Waals surface area (Å²) in [5.41, 5.74) is 0.982. The number of nitrogens with zero attached hydrogens (tertiary/aromatic N) is 2. The first-order valence-corrected chi connectivity index (χ1v) is 5.85. The van der Waals surface area contributed by atoms with Crippen LogP contribution in [0.1, 0.15) is 16.1 Å². The van der Waals surface area contributed by atoms with E-state index in [9.17, 15) is 4.79 Å². The fourth-order valence-corrected chi connectivity index (χ4v) is 1.56. The fourth-order valence-electron chi connectivity index (χ4n) is 1.37. The molecular weight excluding hydrogens is 268 g/mol. The summed E-state index contributed by atoms with van der Waals surface area (Å²) in [6, 6.07) is 7.36. The van der Waals surface area contributed by atoms with Gasteiger partial charge in [-0.2, -0.15) is 0 Å². The highest BCUT2D eigenvalue weighted by atomic mass is 35.5. The normalized spacial score (nSPS) is 10.0. The van der Waals surface area contributed by atoms with E-state index in [4.69, 9.17) is 16.3 Å². The van der Waals surface area contributed by atoms with E-state index >= 15 is 0 Å². The second-order valence-corrected chi connectivity index (χ2v) is 4.02. The summed E-state index contributed by atoms with van der Waals surface area (Å²) < 4.78 is 9.95. The summed E-state index contributed by atoms with van der Waals surface area (Å²) in [4.78, 5) is 19.0. The summed E-state index contributed by atoms with van der Waals surface area (Å²) in [5.74, 6) is -0.224. The van der Waals surface area contributed by atoms with Crippen LogP contribution in [0.3, 0.4) is 0 Å². The molecule has 0 aliphatic heterocycles. The molecule has 1 aromatic carbocycles. The number of esters is 1. The van der Waals surface area contributed by atoms with E-state index in [0.717, 1.165) is 5.56 Å². The van der Waals surface area contributed by atoms with Crippen molar-refractivity contribution in [2.45, 2.75) is 6.61 Å². The molecule has 0 aliphatic carbocycles. The Balaban J connectivity index is 2.01. The molecule has 0 fully saturated rings. The van der Waals surface area contributed by atoms with Gasteiger partial charge >= 0.3 is 5.97 Å². The number of halogens is 1. The van der Waals surface area contributed by atoms with Crippen molar-refractivity contribution in [2.24, 2.45) is 0 Å². The summed E-state index contributed by atoms with van der Waals surface area (Å²) in [5, 5.41) is 0.627. The van der Waals surface area contributed by atoms with E-state index in [1.165, 1.54) is 19.5 Å². The number of rotatable bonds is 4. The number of hydrogen-bond donors (Lipinski definition) is 0. The summed E-state index contributed by atoms with van der Waals surface area (Å²) in [6.07, 6.45) is 2.66. The maximum atomic E-state index is 11.2. The van der Waals surface area contributed by atoms with Gasteiger partial charge in [0, 0.05) is 10.6 Å². The van der Waals surface area contributed by atoms with E-state index in [0.29, 0.717) is 10.9 Å². The third-order valence-corrected chi connectivity index (χ3v) is 2.72. The molecule has 0 saturated carbocycles. The van der Waals surface area contributed by atoms with Crippen molar-refractivity contribution >= 4 is 17.6 Å². The molecule has 0 N–H and O–H groups in total. The standard InChI is InChI=1S/C13H11ClN2O3/c1-18-13(17)11-6-16-12(7-15-11)19-8-9-4-2-3-5-10(9)14/h2-7H,8H2,1H3. The van der Waals surface area contributed by atoms with Gasteiger partial charge in [0.2, 0.25) is 5.88 Å². The van der Waals surface area contributed by atoms with E-state index in [1.54, 1.807) is 6.07 Å². The van der Waals surface area contributed by atoms with Crippen LogP contribution in [0.2, 0.25) is 5.02 Å². The molecule has 0 amide bonds. The lowest BCUT2D eigenvalue weighted by atomic mass is 10.2. The zero-order chi connectivity index (χ0) is 13.7. The van der Waals surface area contributed by atoms with Gasteiger partial charge in [-0.3, -0.25) is 0 Å². The van der Waals surface area contributed by atoms with Crippen molar-refractivity contribution in [3.63, 3.8) is 0 Å². The summed E-state index contributed by atoms with van der Waals surface area (Å²) >= 11 is 6.00. The Kier molecular flexibility index (Phi) is 4.30. The Morgan fingerprint density at radius 1 is 1.26 bits per heavy atom. The van der Waals surface area contributed by atoms with Crippen LogP contribution in [0.4, 0.5) is 0 Å². The van der Waals surface area contributed by atoms with E-state index in [2.05, 4.69) is 14.7 Å². The highest BCUT2D eigenvalue weighted by Gasteiger charge is 2.08. The van der Waals surface area contributed by atoms with Gasteiger partial charge in [0.25, 0.3) is 0 Å². The van der Waals surface area contributed by atoms with Crippen LogP contribution in [0.5, 0.6) is 5.88 Å². The van der Waals surface area contributed by atoms with Crippen LogP contribution in [0, 0.1) is 0 Å². The smallest absolute Gasteiger partial charge is 0.358 e. The zero-order valence-corrected chi connectivity index (χ0v) is 10.9. The van der Waals surface area contributed by atoms with Crippen LogP contribution in [-0.4, -0.2) is 23.0 Å². The third-order valence-electron chi connectivity index (χ3n) is 2.36. The third kappa shape index (κ3) is 3.42. The number of benzene rings is 1. The zero-order valence-electron chi connectivity index (χ0n) is 10.2. The minimum atomic E-state index is -0.537. The molecule has 1 aromatic heterocycles. The number of aromatic nitrogens is 2. The quantitative estimate of drug-likeness (QED) is 0.804. The molecule has 0 saturated heterocycles. The molecule has 0 bridgehead atoms. The van der Waals surface area contributed by atoms with Crippen LogP contribution in [-0.2, 0) is 11.3 Å². The van der Waals surface area contributed by atoms with Crippen molar-refractivity contribution in [1.29, 1.82) is 0 Å². The second kappa shape index (κ2) is 6.15. The average molecular weight is 279 g/mol. The lowest BCUT2D eigenvalue weighted by Gasteiger charge is -2.06. The molecule has 19 heavy (non-hydrogen) atoms. The van der Waals surface area contributed by atoms with Crippen molar-refractivity contribution < 1.29 is 14.3 Å². The van der Waals surface area contributed by atoms with Crippen molar-refractivity contribution in [2.75, 3.05) is 7.11 Å². The van der Waals surface area contributed by atoms with Crippen molar-refractivity contribution in [3.8, 4) is 5.88 Å². The lowest BCUT2D eigenvalue weighted by molar-refractivity contribution is 0.0593. The molecule has 0 unspecified atom stereocenters. The highest BCUT2D eigenvalue weighted by molar-refractivity contribution is 6.31. The second-order valence-electron chi connectivity index (χ2n) is 3.61. The number of carbonyl (C=O) groups excluding carboxylic acids is 1. The molecule has 2 aromatic rings. The van der Waals surface area contributed by atoms with Gasteiger partial charge < -0.3 is 9.47 Å². The minimum Gasteiger partial charge on any atom is -0.472 e. The van der Waals surface area contributed by atoms with Gasteiger partial charge in [-0.15, -0.1) is 0 Å². The molecule has 2 rings (SSSR count). The van der Waals surface area contributed by atoms with E-state index in [1.807, 2.05) is 18.2 Å². The molecule has 0 radical (unpaired) electrons. The maximum absolute atomic E-state index is 11.2. The fraction of sp³-hybridized carbons (Fsp3) is 0.154. The van der Waals surface area contributed by atoms with Gasteiger partial charge in [0.15, 0.2) is 5.69 Å². The highest BCUT2D eigenvalue weighted by Crippen LogP contribution is 2.16. The first-order chi connectivity index (χ1) is 9.20. The molecule has 6 heteroatoms. The van der Waals surface area contributed by atoms with E-state index in [-0.39, 0.29) is 12.3 Å². The number of hydrogen-bond acceptors (Lipinski definition) is 5. The number of carbonyl (C=O) groups is 1. The van der Waals surface area contributed by atoms with Crippen LogP contribution < -0.4 is 4.74 Å². The minimum absolute atomic E-state index is 0.132. The van der Waals surface area contributed by atoms with E-state index < -0.39 is 5.97 Å². The first-order valence-electron chi connectivity index (χ1n) is 5.47. The largest absolute Gasteiger partial charge is 0.472 e. The van der Waals surface area contributed by atoms with Gasteiger partial charge in [0.1, 0.15) is 6.61 Å². The molecule has 0 atom stereocenters. The van der Waals surface area contributed by atoms with Crippen LogP contribution in [0.25, 0.3) is 0 Å². The molecule has 0 spiro atoms. The number of methoxy groups -OCH3 is 1. The summed E-state index contributed by atoms with van der Waals surface area (Å²) in [6.45, 7) is 0.284. The molecule has 1 heterocycles. The monoisotopic (exact) mass is 278 g/mol.